The number of ether oxygens (including phenoxy) is 4. The fourth-order valence-corrected chi connectivity index (χ4v) is 2.60. The van der Waals surface area contributed by atoms with Crippen molar-refractivity contribution in [2.45, 2.75) is 13.0 Å². The number of methoxy groups -OCH3 is 2. The summed E-state index contributed by atoms with van der Waals surface area (Å²) in [5, 5.41) is 2.89. The number of carbonyl (C=O) groups is 1. The summed E-state index contributed by atoms with van der Waals surface area (Å²) in [6, 6.07) is 10.7. The summed E-state index contributed by atoms with van der Waals surface area (Å²) in [6.07, 6.45) is 0.825. The number of carbonyl (C=O) groups excluding carboxylic acids is 1. The summed E-state index contributed by atoms with van der Waals surface area (Å²) >= 11 is 0. The van der Waals surface area contributed by atoms with Crippen LogP contribution in [0.25, 0.3) is 0 Å². The van der Waals surface area contributed by atoms with Crippen molar-refractivity contribution in [3.05, 3.63) is 47.5 Å². The van der Waals surface area contributed by atoms with Crippen LogP contribution in [-0.2, 0) is 6.54 Å². The molecule has 0 saturated heterocycles. The van der Waals surface area contributed by atoms with E-state index in [1.54, 1.807) is 32.4 Å². The van der Waals surface area contributed by atoms with Crippen LogP contribution in [-0.4, -0.2) is 33.3 Å². The summed E-state index contributed by atoms with van der Waals surface area (Å²) < 4.78 is 21.8. The second-order valence-corrected chi connectivity index (χ2v) is 5.57. The predicted octanol–water partition coefficient (Wildman–Crippen LogP) is 2.80. The van der Waals surface area contributed by atoms with Gasteiger partial charge in [0, 0.05) is 24.1 Å². The lowest BCUT2D eigenvalue weighted by Gasteiger charge is -2.12. The van der Waals surface area contributed by atoms with Gasteiger partial charge in [-0.05, 0) is 36.4 Å². The molecule has 1 N–H and O–H groups in total. The summed E-state index contributed by atoms with van der Waals surface area (Å²) in [5.41, 5.74) is 1.36. The molecule has 0 spiro atoms. The molecule has 1 aliphatic rings. The van der Waals surface area contributed by atoms with E-state index in [2.05, 4.69) is 5.32 Å². The molecule has 0 saturated carbocycles. The van der Waals surface area contributed by atoms with Gasteiger partial charge >= 0.3 is 0 Å². The fraction of sp³-hybridized carbons (Fsp3) is 0.316. The maximum absolute atomic E-state index is 12.5. The van der Waals surface area contributed by atoms with Gasteiger partial charge < -0.3 is 24.3 Å². The molecule has 1 amide bonds. The zero-order chi connectivity index (χ0) is 17.6. The average molecular weight is 343 g/mol. The van der Waals surface area contributed by atoms with E-state index in [0.717, 1.165) is 12.0 Å². The Morgan fingerprint density at radius 2 is 1.84 bits per heavy atom. The van der Waals surface area contributed by atoms with E-state index in [1.165, 1.54) is 0 Å². The summed E-state index contributed by atoms with van der Waals surface area (Å²) in [6.45, 7) is 1.53. The third-order valence-corrected chi connectivity index (χ3v) is 3.94. The van der Waals surface area contributed by atoms with Gasteiger partial charge in [-0.3, -0.25) is 4.79 Å². The third-order valence-electron chi connectivity index (χ3n) is 3.94. The van der Waals surface area contributed by atoms with Gasteiger partial charge in [-0.25, -0.2) is 0 Å². The number of amides is 1. The van der Waals surface area contributed by atoms with E-state index >= 15 is 0 Å². The predicted molar refractivity (Wildman–Crippen MR) is 92.8 cm³/mol. The highest BCUT2D eigenvalue weighted by Crippen LogP contribution is 2.30. The van der Waals surface area contributed by atoms with E-state index < -0.39 is 0 Å². The van der Waals surface area contributed by atoms with Crippen molar-refractivity contribution in [2.75, 3.05) is 27.4 Å². The number of hydrogen-bond acceptors (Lipinski definition) is 5. The first kappa shape index (κ1) is 17.0. The van der Waals surface area contributed by atoms with Gasteiger partial charge in [-0.2, -0.15) is 0 Å². The van der Waals surface area contributed by atoms with E-state index in [9.17, 15) is 4.79 Å². The average Bonchev–Trinajstić information content (AvgIpc) is 2.90. The van der Waals surface area contributed by atoms with Crippen molar-refractivity contribution in [1.29, 1.82) is 0 Å². The van der Waals surface area contributed by atoms with Gasteiger partial charge in [0.1, 0.15) is 11.5 Å². The monoisotopic (exact) mass is 343 g/mol. The maximum atomic E-state index is 12.5. The van der Waals surface area contributed by atoms with Crippen LogP contribution in [0.1, 0.15) is 22.3 Å². The normalized spacial score (nSPS) is 12.9. The molecule has 2 aromatic rings. The van der Waals surface area contributed by atoms with Crippen LogP contribution in [0.4, 0.5) is 0 Å². The Balaban J connectivity index is 1.72. The highest BCUT2D eigenvalue weighted by atomic mass is 16.5. The molecule has 25 heavy (non-hydrogen) atoms. The third kappa shape index (κ3) is 3.96. The van der Waals surface area contributed by atoms with Gasteiger partial charge in [0.15, 0.2) is 11.5 Å². The van der Waals surface area contributed by atoms with E-state index in [0.29, 0.717) is 48.3 Å². The zero-order valence-corrected chi connectivity index (χ0v) is 14.3. The largest absolute Gasteiger partial charge is 0.497 e. The maximum Gasteiger partial charge on any atom is 0.251 e. The molecule has 1 aliphatic heterocycles. The van der Waals surface area contributed by atoms with Gasteiger partial charge in [-0.15, -0.1) is 0 Å². The molecule has 6 nitrogen and oxygen atoms in total. The summed E-state index contributed by atoms with van der Waals surface area (Å²) in [5.74, 6) is 2.48. The number of fused-ring (bicyclic) bond motifs is 1. The Kier molecular flexibility index (Phi) is 5.28. The first-order valence-electron chi connectivity index (χ1n) is 8.10. The lowest BCUT2D eigenvalue weighted by Crippen LogP contribution is -2.23. The minimum atomic E-state index is -0.194. The Morgan fingerprint density at radius 1 is 1.04 bits per heavy atom. The molecule has 0 fully saturated rings. The molecule has 2 aromatic carbocycles. The van der Waals surface area contributed by atoms with Crippen molar-refractivity contribution < 1.29 is 23.7 Å². The standard InChI is InChI=1S/C19H21NO5/c1-22-15-5-7-16(23-2)14(10-15)12-20-19(21)13-4-6-17-18(11-13)25-9-3-8-24-17/h4-7,10-11H,3,8-9,12H2,1-2H3,(H,20,21). The quantitative estimate of drug-likeness (QED) is 0.904. The van der Waals surface area contributed by atoms with Crippen LogP contribution >= 0.6 is 0 Å². The van der Waals surface area contributed by atoms with Crippen molar-refractivity contribution in [3.8, 4) is 23.0 Å². The van der Waals surface area contributed by atoms with Crippen LogP contribution in [0, 0.1) is 0 Å². The molecule has 132 valence electrons. The number of hydrogen-bond donors (Lipinski definition) is 1. The Bertz CT molecular complexity index is 759. The number of benzene rings is 2. The second-order valence-electron chi connectivity index (χ2n) is 5.57. The lowest BCUT2D eigenvalue weighted by atomic mass is 10.1. The molecule has 6 heteroatoms. The second kappa shape index (κ2) is 7.79. The smallest absolute Gasteiger partial charge is 0.251 e. The molecule has 1 heterocycles. The Labute approximate surface area is 146 Å². The molecule has 0 aromatic heterocycles. The first-order chi connectivity index (χ1) is 12.2. The summed E-state index contributed by atoms with van der Waals surface area (Å²) in [7, 11) is 3.19. The van der Waals surface area contributed by atoms with Crippen molar-refractivity contribution in [1.82, 2.24) is 5.32 Å². The van der Waals surface area contributed by atoms with Gasteiger partial charge in [0.25, 0.3) is 5.91 Å². The highest BCUT2D eigenvalue weighted by Gasteiger charge is 2.14. The van der Waals surface area contributed by atoms with Crippen LogP contribution in [0.3, 0.4) is 0 Å². The first-order valence-corrected chi connectivity index (χ1v) is 8.10. The highest BCUT2D eigenvalue weighted by molar-refractivity contribution is 5.94. The van der Waals surface area contributed by atoms with Crippen molar-refractivity contribution in [3.63, 3.8) is 0 Å². The van der Waals surface area contributed by atoms with Crippen molar-refractivity contribution in [2.24, 2.45) is 0 Å². The van der Waals surface area contributed by atoms with Gasteiger partial charge in [0.2, 0.25) is 0 Å². The van der Waals surface area contributed by atoms with Crippen LogP contribution in [0.2, 0.25) is 0 Å². The molecule has 0 aliphatic carbocycles. The van der Waals surface area contributed by atoms with Gasteiger partial charge in [0.05, 0.1) is 27.4 Å². The molecule has 0 bridgehead atoms. The van der Waals surface area contributed by atoms with E-state index in [4.69, 9.17) is 18.9 Å². The zero-order valence-electron chi connectivity index (χ0n) is 14.3. The number of nitrogens with one attached hydrogen (secondary N) is 1. The van der Waals surface area contributed by atoms with Crippen LogP contribution < -0.4 is 24.3 Å². The molecule has 0 radical (unpaired) electrons. The van der Waals surface area contributed by atoms with Crippen molar-refractivity contribution >= 4 is 5.91 Å². The fourth-order valence-electron chi connectivity index (χ4n) is 2.60. The topological polar surface area (TPSA) is 66.0 Å². The van der Waals surface area contributed by atoms with Crippen LogP contribution in [0.15, 0.2) is 36.4 Å². The molecule has 3 rings (SSSR count). The minimum absolute atomic E-state index is 0.194. The van der Waals surface area contributed by atoms with E-state index in [1.807, 2.05) is 18.2 Å². The molecule has 0 unspecified atom stereocenters. The number of rotatable bonds is 5. The molecular formula is C19H21NO5. The lowest BCUT2D eigenvalue weighted by molar-refractivity contribution is 0.0950. The van der Waals surface area contributed by atoms with Crippen LogP contribution in [0.5, 0.6) is 23.0 Å². The minimum Gasteiger partial charge on any atom is -0.497 e. The summed E-state index contributed by atoms with van der Waals surface area (Å²) in [4.78, 5) is 12.5. The Hall–Kier alpha value is -2.89. The van der Waals surface area contributed by atoms with E-state index in [-0.39, 0.29) is 5.91 Å². The molecular weight excluding hydrogens is 322 g/mol. The van der Waals surface area contributed by atoms with Gasteiger partial charge in [-0.1, -0.05) is 0 Å². The SMILES string of the molecule is COc1ccc(OC)c(CNC(=O)c2ccc3c(c2)OCCCO3)c1. The Morgan fingerprint density at radius 3 is 2.60 bits per heavy atom. The molecule has 0 atom stereocenters.